The van der Waals surface area contributed by atoms with Crippen LogP contribution in [0.4, 0.5) is 13.2 Å². The topological polar surface area (TPSA) is 33.1 Å². The van der Waals surface area contributed by atoms with Crippen LogP contribution in [0.1, 0.15) is 38.1 Å². The lowest BCUT2D eigenvalue weighted by Crippen LogP contribution is -2.19. The van der Waals surface area contributed by atoms with Gasteiger partial charge < -0.3 is 5.11 Å². The average molecular weight is 233 g/mol. The van der Waals surface area contributed by atoms with Crippen LogP contribution in [-0.4, -0.2) is 10.1 Å². The molecule has 0 radical (unpaired) electrons. The maximum atomic E-state index is 12.3. The maximum absolute atomic E-state index is 12.3. The second kappa shape index (κ2) is 4.05. The van der Waals surface area contributed by atoms with Crippen LogP contribution in [0.5, 0.6) is 0 Å². The van der Waals surface area contributed by atoms with E-state index in [1.165, 1.54) is 6.07 Å². The molecule has 2 nitrogen and oxygen atoms in total. The van der Waals surface area contributed by atoms with Crippen molar-refractivity contribution in [3.05, 3.63) is 29.6 Å². The fraction of sp³-hybridized carbons (Fsp3) is 0.545. The monoisotopic (exact) mass is 233 g/mol. The molecule has 1 atom stereocenters. The van der Waals surface area contributed by atoms with Crippen LogP contribution >= 0.6 is 0 Å². The third-order valence-corrected chi connectivity index (χ3v) is 2.21. The Labute approximate surface area is 92.1 Å². The van der Waals surface area contributed by atoms with Gasteiger partial charge in [-0.25, -0.2) is 0 Å². The first kappa shape index (κ1) is 13.0. The lowest BCUT2D eigenvalue weighted by molar-refractivity contribution is -0.137. The lowest BCUT2D eigenvalue weighted by Gasteiger charge is -2.25. The van der Waals surface area contributed by atoms with E-state index in [1.807, 2.05) is 0 Å². The Bertz CT molecular complexity index is 351. The van der Waals surface area contributed by atoms with Crippen LogP contribution in [0.15, 0.2) is 18.3 Å². The van der Waals surface area contributed by atoms with Crippen molar-refractivity contribution in [3.63, 3.8) is 0 Å². The van der Waals surface area contributed by atoms with Crippen LogP contribution in [0.2, 0.25) is 0 Å². The molecule has 0 aliphatic rings. The van der Waals surface area contributed by atoms with Crippen molar-refractivity contribution in [2.24, 2.45) is 5.41 Å². The molecule has 0 aromatic carbocycles. The maximum Gasteiger partial charge on any atom is 0.417 e. The fourth-order valence-electron chi connectivity index (χ4n) is 1.18. The summed E-state index contributed by atoms with van der Waals surface area (Å²) in [5, 5.41) is 9.81. The Morgan fingerprint density at radius 1 is 1.19 bits per heavy atom. The van der Waals surface area contributed by atoms with Crippen molar-refractivity contribution in [2.75, 3.05) is 0 Å². The normalized spacial score (nSPS) is 14.9. The smallest absolute Gasteiger partial charge is 0.386 e. The third-order valence-electron chi connectivity index (χ3n) is 2.21. The number of halogens is 3. The summed E-state index contributed by atoms with van der Waals surface area (Å²) >= 11 is 0. The van der Waals surface area contributed by atoms with Gasteiger partial charge in [-0.3, -0.25) is 4.98 Å². The molecular formula is C11H14F3NO. The van der Waals surface area contributed by atoms with Crippen LogP contribution in [0.3, 0.4) is 0 Å². The largest absolute Gasteiger partial charge is 0.417 e. The van der Waals surface area contributed by atoms with Gasteiger partial charge >= 0.3 is 6.18 Å². The molecule has 90 valence electrons. The van der Waals surface area contributed by atoms with Crippen LogP contribution in [0, 0.1) is 5.41 Å². The fourth-order valence-corrected chi connectivity index (χ4v) is 1.18. The minimum Gasteiger partial charge on any atom is -0.386 e. The molecule has 1 aromatic rings. The number of aliphatic hydroxyl groups excluding tert-OH is 1. The van der Waals surface area contributed by atoms with Gasteiger partial charge in [0.25, 0.3) is 0 Å². The zero-order chi connectivity index (χ0) is 12.6. The van der Waals surface area contributed by atoms with Gasteiger partial charge in [0, 0.05) is 6.20 Å². The number of hydrogen-bond acceptors (Lipinski definition) is 2. The molecule has 1 heterocycles. The molecule has 0 bridgehead atoms. The molecule has 1 rings (SSSR count). The van der Waals surface area contributed by atoms with Crippen molar-refractivity contribution >= 4 is 0 Å². The van der Waals surface area contributed by atoms with Crippen molar-refractivity contribution in [1.82, 2.24) is 4.98 Å². The number of aromatic nitrogens is 1. The Kier molecular flexibility index (Phi) is 3.28. The second-order valence-electron chi connectivity index (χ2n) is 4.74. The average Bonchev–Trinajstić information content (AvgIpc) is 2.14. The zero-order valence-corrected chi connectivity index (χ0v) is 9.34. The van der Waals surface area contributed by atoms with Crippen molar-refractivity contribution < 1.29 is 18.3 Å². The van der Waals surface area contributed by atoms with E-state index in [0.29, 0.717) is 0 Å². The van der Waals surface area contributed by atoms with Crippen LogP contribution in [-0.2, 0) is 6.18 Å². The highest BCUT2D eigenvalue weighted by atomic mass is 19.4. The molecule has 1 N–H and O–H groups in total. The highest BCUT2D eigenvalue weighted by Gasteiger charge is 2.31. The molecule has 0 saturated carbocycles. The number of rotatable bonds is 1. The van der Waals surface area contributed by atoms with Gasteiger partial charge in [-0.2, -0.15) is 13.2 Å². The summed E-state index contributed by atoms with van der Waals surface area (Å²) in [6.07, 6.45) is -4.53. The summed E-state index contributed by atoms with van der Waals surface area (Å²) in [5.74, 6) is 0. The predicted molar refractivity (Wildman–Crippen MR) is 53.7 cm³/mol. The van der Waals surface area contributed by atoms with E-state index in [9.17, 15) is 18.3 Å². The highest BCUT2D eigenvalue weighted by molar-refractivity contribution is 5.18. The Balaban J connectivity index is 2.96. The van der Waals surface area contributed by atoms with Gasteiger partial charge in [0.1, 0.15) is 6.10 Å². The number of alkyl halides is 3. The molecule has 0 aliphatic heterocycles. The zero-order valence-electron chi connectivity index (χ0n) is 9.34. The SMILES string of the molecule is CC(C)(C)C(O)c1ccc(C(F)(F)F)cn1. The standard InChI is InChI=1S/C11H14F3NO/c1-10(2,3)9(16)8-5-4-7(6-15-8)11(12,13)14/h4-6,9,16H,1-3H3. The molecule has 16 heavy (non-hydrogen) atoms. The molecule has 0 aliphatic carbocycles. The Hall–Kier alpha value is -1.10. The minimum atomic E-state index is -4.39. The number of nitrogens with zero attached hydrogens (tertiary/aromatic N) is 1. The van der Waals surface area contributed by atoms with E-state index in [2.05, 4.69) is 4.98 Å². The summed E-state index contributed by atoms with van der Waals surface area (Å²) in [5.41, 5.74) is -1.01. The van der Waals surface area contributed by atoms with Crippen molar-refractivity contribution in [3.8, 4) is 0 Å². The Morgan fingerprint density at radius 2 is 1.75 bits per heavy atom. The lowest BCUT2D eigenvalue weighted by atomic mass is 9.87. The van der Waals surface area contributed by atoms with E-state index in [1.54, 1.807) is 20.8 Å². The molecule has 0 amide bonds. The first-order valence-electron chi connectivity index (χ1n) is 4.83. The van der Waals surface area contributed by atoms with Crippen molar-refractivity contribution in [2.45, 2.75) is 33.1 Å². The molecule has 0 saturated heterocycles. The van der Waals surface area contributed by atoms with Gasteiger partial charge in [-0.15, -0.1) is 0 Å². The van der Waals surface area contributed by atoms with Gasteiger partial charge in [0.2, 0.25) is 0 Å². The molecular weight excluding hydrogens is 219 g/mol. The molecule has 0 spiro atoms. The van der Waals surface area contributed by atoms with E-state index >= 15 is 0 Å². The van der Waals surface area contributed by atoms with E-state index in [4.69, 9.17) is 0 Å². The Morgan fingerprint density at radius 3 is 2.06 bits per heavy atom. The molecule has 0 fully saturated rings. The highest BCUT2D eigenvalue weighted by Crippen LogP contribution is 2.33. The quantitative estimate of drug-likeness (QED) is 0.808. The van der Waals surface area contributed by atoms with E-state index < -0.39 is 23.3 Å². The van der Waals surface area contributed by atoms with Gasteiger partial charge in [-0.1, -0.05) is 20.8 Å². The first-order chi connectivity index (χ1) is 7.12. The number of aliphatic hydroxyl groups is 1. The third kappa shape index (κ3) is 2.95. The van der Waals surface area contributed by atoms with Crippen LogP contribution in [0.25, 0.3) is 0 Å². The number of pyridine rings is 1. The summed E-state index contributed by atoms with van der Waals surface area (Å²) < 4.78 is 36.8. The molecule has 1 aromatic heterocycles. The second-order valence-corrected chi connectivity index (χ2v) is 4.74. The summed E-state index contributed by atoms with van der Waals surface area (Å²) in [7, 11) is 0. The van der Waals surface area contributed by atoms with Gasteiger partial charge in [0.05, 0.1) is 11.3 Å². The predicted octanol–water partition coefficient (Wildman–Crippen LogP) is 3.18. The molecule has 1 unspecified atom stereocenters. The summed E-state index contributed by atoms with van der Waals surface area (Å²) in [6, 6.07) is 2.13. The first-order valence-corrected chi connectivity index (χ1v) is 4.83. The van der Waals surface area contributed by atoms with Gasteiger partial charge in [-0.05, 0) is 17.5 Å². The number of hydrogen-bond donors (Lipinski definition) is 1. The molecule has 5 heteroatoms. The van der Waals surface area contributed by atoms with Crippen molar-refractivity contribution in [1.29, 1.82) is 0 Å². The van der Waals surface area contributed by atoms with E-state index in [-0.39, 0.29) is 5.69 Å². The van der Waals surface area contributed by atoms with E-state index in [0.717, 1.165) is 12.3 Å². The minimum absolute atomic E-state index is 0.250. The summed E-state index contributed by atoms with van der Waals surface area (Å²) in [4.78, 5) is 3.64. The van der Waals surface area contributed by atoms with Gasteiger partial charge in [0.15, 0.2) is 0 Å². The van der Waals surface area contributed by atoms with Crippen LogP contribution < -0.4 is 0 Å². The summed E-state index contributed by atoms with van der Waals surface area (Å²) in [6.45, 7) is 5.37.